The second-order valence-electron chi connectivity index (χ2n) is 22.2. The van der Waals surface area contributed by atoms with Crippen molar-refractivity contribution in [3.8, 4) is 0 Å². The second kappa shape index (κ2) is 20.2. The van der Waals surface area contributed by atoms with Gasteiger partial charge in [-0.25, -0.2) is 0 Å². The van der Waals surface area contributed by atoms with Gasteiger partial charge in [0.1, 0.15) is 37.4 Å². The Kier molecular flexibility index (Phi) is 13.4. The number of pyridine rings is 2. The van der Waals surface area contributed by atoms with E-state index in [2.05, 4.69) is 185 Å². The van der Waals surface area contributed by atoms with Gasteiger partial charge in [-0.3, -0.25) is 9.97 Å². The normalized spacial score (nSPS) is 26.7. The Morgan fingerprint density at radius 2 is 0.929 bits per heavy atom. The molecule has 358 valence electrons. The third-order valence-corrected chi connectivity index (χ3v) is 17.0. The number of ether oxygens (including phenoxy) is 2. The number of fused-ring (bicyclic) bond motifs is 8. The molecule has 8 heterocycles. The van der Waals surface area contributed by atoms with E-state index in [0.717, 1.165) is 72.1 Å². The van der Waals surface area contributed by atoms with Crippen LogP contribution in [-0.2, 0) is 35.8 Å². The predicted octanol–water partition coefficient (Wildman–Crippen LogP) is 14.1. The number of para-hydroxylation sites is 2. The Bertz CT molecular complexity index is 2770. The summed E-state index contributed by atoms with van der Waals surface area (Å²) in [5.74, 6) is 2.39. The Balaban J connectivity index is 0.969. The fourth-order valence-electron chi connectivity index (χ4n) is 14.0. The van der Waals surface area contributed by atoms with Gasteiger partial charge in [0.15, 0.2) is 0 Å². The molecule has 0 N–H and O–H groups in total. The fourth-order valence-corrected chi connectivity index (χ4v) is 14.0. The van der Waals surface area contributed by atoms with Gasteiger partial charge in [-0.05, 0) is 92.1 Å². The number of benzene rings is 5. The van der Waals surface area contributed by atoms with Gasteiger partial charge in [-0.15, -0.1) is 0 Å². The van der Waals surface area contributed by atoms with Gasteiger partial charge in [-0.2, -0.15) is 0 Å². The van der Waals surface area contributed by atoms with Gasteiger partial charge in [-0.1, -0.05) is 139 Å². The Labute approximate surface area is 416 Å². The zero-order valence-electron chi connectivity index (χ0n) is 41.9. The van der Waals surface area contributed by atoms with E-state index in [1.165, 1.54) is 68.1 Å². The van der Waals surface area contributed by atoms with Gasteiger partial charge in [0.05, 0.1) is 50.4 Å². The van der Waals surface area contributed by atoms with E-state index < -0.39 is 0 Å². The molecule has 2 aromatic heterocycles. The lowest BCUT2D eigenvalue weighted by Crippen LogP contribution is -2.68. The number of rotatable bonds is 16. The van der Waals surface area contributed by atoms with Gasteiger partial charge in [0.25, 0.3) is 0 Å². The number of piperidine rings is 6. The molecule has 70 heavy (non-hydrogen) atoms. The highest BCUT2D eigenvalue weighted by atomic mass is 16.5. The number of hydrogen-bond donors (Lipinski definition) is 0. The van der Waals surface area contributed by atoms with Crippen LogP contribution in [0.15, 0.2) is 181 Å². The van der Waals surface area contributed by atoms with Crippen LogP contribution in [0, 0.1) is 23.7 Å². The fraction of sp³-hybridized carbons (Fsp3) is 0.375. The van der Waals surface area contributed by atoms with Crippen molar-refractivity contribution in [3.05, 3.63) is 215 Å². The lowest BCUT2D eigenvalue weighted by atomic mass is 9.70. The summed E-state index contributed by atoms with van der Waals surface area (Å²) in [6.45, 7) is 16.9. The zero-order valence-corrected chi connectivity index (χ0v) is 41.9. The molecule has 13 rings (SSSR count). The third kappa shape index (κ3) is 9.56. The molecule has 0 unspecified atom stereocenters. The molecule has 0 radical (unpaired) electrons. The van der Waals surface area contributed by atoms with Crippen molar-refractivity contribution in [1.29, 1.82) is 0 Å². The first-order valence-electron chi connectivity index (χ1n) is 26.3. The summed E-state index contributed by atoms with van der Waals surface area (Å²) in [6.07, 6.45) is 13.8. The van der Waals surface area contributed by atoms with Crippen molar-refractivity contribution in [3.63, 3.8) is 0 Å². The molecule has 5 aromatic carbocycles. The average molecular weight is 929 g/mol. The Hall–Kier alpha value is -5.76. The van der Waals surface area contributed by atoms with Crippen LogP contribution >= 0.6 is 0 Å². The van der Waals surface area contributed by atoms with Crippen molar-refractivity contribution < 1.29 is 18.4 Å². The number of quaternary nitrogens is 2. The maximum absolute atomic E-state index is 7.35. The summed E-state index contributed by atoms with van der Waals surface area (Å²) in [7, 11) is 0. The van der Waals surface area contributed by atoms with E-state index in [-0.39, 0.29) is 12.2 Å². The summed E-state index contributed by atoms with van der Waals surface area (Å²) in [4.78, 5) is 9.69. The highest BCUT2D eigenvalue weighted by molar-refractivity contribution is 5.83. The molecule has 0 saturated carbocycles. The minimum absolute atomic E-state index is 0.0791. The first-order valence-corrected chi connectivity index (χ1v) is 26.3. The predicted molar refractivity (Wildman–Crippen MR) is 284 cm³/mol. The lowest BCUT2D eigenvalue weighted by Gasteiger charge is -2.59. The van der Waals surface area contributed by atoms with E-state index in [4.69, 9.17) is 19.4 Å². The zero-order chi connectivity index (χ0) is 47.7. The maximum atomic E-state index is 7.35. The van der Waals surface area contributed by atoms with Crippen molar-refractivity contribution in [2.45, 2.75) is 104 Å². The minimum atomic E-state index is -0.0791. The molecule has 6 aliphatic heterocycles. The molecule has 6 aliphatic rings. The second-order valence-corrected chi connectivity index (χ2v) is 22.2. The van der Waals surface area contributed by atoms with Crippen molar-refractivity contribution in [2.24, 2.45) is 23.7 Å². The summed E-state index contributed by atoms with van der Waals surface area (Å²) in [6, 6.07) is 53.9. The average Bonchev–Trinajstić information content (AvgIpc) is 3.37. The molecular formula is C64H72N4O2+2. The number of nitrogens with zero attached hydrogens (tertiary/aromatic N) is 4. The molecule has 6 saturated heterocycles. The van der Waals surface area contributed by atoms with Gasteiger partial charge in [0, 0.05) is 71.8 Å². The van der Waals surface area contributed by atoms with Crippen LogP contribution in [0.4, 0.5) is 0 Å². The highest BCUT2D eigenvalue weighted by Gasteiger charge is 2.56. The van der Waals surface area contributed by atoms with E-state index in [9.17, 15) is 0 Å². The van der Waals surface area contributed by atoms with Crippen molar-refractivity contribution >= 4 is 21.8 Å². The van der Waals surface area contributed by atoms with Crippen LogP contribution in [0.3, 0.4) is 0 Å². The summed E-state index contributed by atoms with van der Waals surface area (Å²) in [5, 5.41) is 2.41. The van der Waals surface area contributed by atoms with E-state index in [1.54, 1.807) is 0 Å². The molecule has 4 bridgehead atoms. The van der Waals surface area contributed by atoms with E-state index in [0.29, 0.717) is 49.0 Å². The molecule has 6 nitrogen and oxygen atoms in total. The van der Waals surface area contributed by atoms with Crippen LogP contribution in [0.1, 0.15) is 99.0 Å². The molecule has 0 aliphatic carbocycles. The maximum Gasteiger partial charge on any atom is 0.135 e. The molecule has 6 heteroatoms. The van der Waals surface area contributed by atoms with E-state index in [1.807, 2.05) is 12.4 Å². The highest BCUT2D eigenvalue weighted by Crippen LogP contribution is 2.52. The molecule has 0 spiro atoms. The Morgan fingerprint density at radius 1 is 0.514 bits per heavy atom. The van der Waals surface area contributed by atoms with Crippen LogP contribution in [0.2, 0.25) is 0 Å². The van der Waals surface area contributed by atoms with Crippen LogP contribution in [-0.4, -0.2) is 57.2 Å². The van der Waals surface area contributed by atoms with Gasteiger partial charge < -0.3 is 18.4 Å². The molecular weight excluding hydrogens is 857 g/mol. The number of allylic oxidation sites excluding steroid dienone is 2. The smallest absolute Gasteiger partial charge is 0.135 e. The SMILES string of the molecule is CC(C)=C[C@H]1C[N@+]2(Cc3cccc(C[N@@+]45CC[C@@H](C[C@H]4[C@H](OCc4ccccc4)c4ccnc6ccccc46)[C@@H](C=C(C)C)C5)c3)CC[C@H]1C[C@H]2[C@H](OCc1ccccc1)c1ccnc2ccccc12. The largest absolute Gasteiger partial charge is 0.363 e. The topological polar surface area (TPSA) is 44.2 Å². The minimum Gasteiger partial charge on any atom is -0.363 e. The molecule has 6 fully saturated rings. The standard InChI is InChI=1S/C64H72N4O2/c1-45(2)34-53-41-67(32-28-51(53)37-61(67)63(69-43-47-16-7-5-8-17-47)57-26-30-65-59-24-13-11-22-55(57)59)39-49-20-15-21-50(36-49)40-68-33-29-52(54(42-68)35-46(3)4)38-62(68)64(70-44-48-18-9-6-10-19-48)58-27-31-66-60-25-14-12-23-56(58)60/h5-27,30-31,34-36,51-54,61-64H,28-29,32-33,37-44H2,1-4H3/q+2/t51-,52-,53-,54-,61-,62-,63+,64+,67+,68+/m0/s1. The summed E-state index contributed by atoms with van der Waals surface area (Å²) in [5.41, 5.74) is 12.8. The quantitative estimate of drug-likeness (QED) is 0.0715. The van der Waals surface area contributed by atoms with Crippen LogP contribution in [0.25, 0.3) is 21.8 Å². The number of aromatic nitrogens is 2. The monoisotopic (exact) mass is 929 g/mol. The van der Waals surface area contributed by atoms with Crippen molar-refractivity contribution in [2.75, 3.05) is 26.2 Å². The molecule has 10 atom stereocenters. The van der Waals surface area contributed by atoms with Gasteiger partial charge in [0.2, 0.25) is 0 Å². The van der Waals surface area contributed by atoms with E-state index >= 15 is 0 Å². The first-order chi connectivity index (χ1) is 34.2. The summed E-state index contributed by atoms with van der Waals surface area (Å²) >= 11 is 0. The summed E-state index contributed by atoms with van der Waals surface area (Å²) < 4.78 is 16.8. The molecule has 7 aromatic rings. The number of hydrogen-bond acceptors (Lipinski definition) is 4. The third-order valence-electron chi connectivity index (χ3n) is 17.0. The lowest BCUT2D eigenvalue weighted by molar-refractivity contribution is -0.985. The van der Waals surface area contributed by atoms with Crippen molar-refractivity contribution in [1.82, 2.24) is 9.97 Å². The van der Waals surface area contributed by atoms with Crippen LogP contribution in [0.5, 0.6) is 0 Å². The van der Waals surface area contributed by atoms with Gasteiger partial charge >= 0.3 is 0 Å². The van der Waals surface area contributed by atoms with Crippen LogP contribution < -0.4 is 0 Å². The molecule has 0 amide bonds. The Morgan fingerprint density at radius 3 is 1.37 bits per heavy atom. The first kappa shape index (κ1) is 46.6.